The second kappa shape index (κ2) is 2.80. The summed E-state index contributed by atoms with van der Waals surface area (Å²) >= 11 is 6.05. The van der Waals surface area contributed by atoms with E-state index in [9.17, 15) is 0 Å². The molecular formula is C8H12ClN. The maximum absolute atomic E-state index is 8.74. The summed E-state index contributed by atoms with van der Waals surface area (Å²) in [6, 6.07) is 2.20. The van der Waals surface area contributed by atoms with Gasteiger partial charge >= 0.3 is 0 Å². The van der Waals surface area contributed by atoms with Gasteiger partial charge in [-0.05, 0) is 18.8 Å². The van der Waals surface area contributed by atoms with E-state index in [1.807, 2.05) is 0 Å². The molecule has 0 aromatic carbocycles. The summed E-state index contributed by atoms with van der Waals surface area (Å²) in [4.78, 5) is -0.543. The molecule has 56 valence electrons. The van der Waals surface area contributed by atoms with Crippen molar-refractivity contribution >= 4 is 11.6 Å². The SMILES string of the molecule is CC1CCCCC1(Cl)C#N. The highest BCUT2D eigenvalue weighted by atomic mass is 35.5. The molecule has 1 nitrogen and oxygen atoms in total. The zero-order chi connectivity index (χ0) is 7.61. The van der Waals surface area contributed by atoms with Crippen molar-refractivity contribution in [1.82, 2.24) is 0 Å². The first-order chi connectivity index (χ1) is 4.69. The number of halogens is 1. The van der Waals surface area contributed by atoms with Crippen molar-refractivity contribution in [3.63, 3.8) is 0 Å². The molecule has 2 heteroatoms. The van der Waals surface area contributed by atoms with Crippen LogP contribution in [-0.2, 0) is 0 Å². The zero-order valence-electron chi connectivity index (χ0n) is 6.23. The lowest BCUT2D eigenvalue weighted by atomic mass is 9.81. The summed E-state index contributed by atoms with van der Waals surface area (Å²) in [5, 5.41) is 8.74. The van der Waals surface area contributed by atoms with Crippen molar-refractivity contribution in [2.45, 2.75) is 37.5 Å². The van der Waals surface area contributed by atoms with Gasteiger partial charge < -0.3 is 0 Å². The van der Waals surface area contributed by atoms with Crippen LogP contribution < -0.4 is 0 Å². The van der Waals surface area contributed by atoms with Crippen molar-refractivity contribution in [2.75, 3.05) is 0 Å². The second-order valence-electron chi connectivity index (χ2n) is 3.12. The highest BCUT2D eigenvalue weighted by Crippen LogP contribution is 2.38. The lowest BCUT2D eigenvalue weighted by molar-refractivity contribution is 0.338. The summed E-state index contributed by atoms with van der Waals surface area (Å²) in [5.74, 6) is 0.368. The fourth-order valence-electron chi connectivity index (χ4n) is 1.47. The molecule has 2 atom stereocenters. The van der Waals surface area contributed by atoms with Crippen LogP contribution in [-0.4, -0.2) is 4.87 Å². The van der Waals surface area contributed by atoms with E-state index in [0.717, 1.165) is 19.3 Å². The molecule has 1 aliphatic carbocycles. The fraction of sp³-hybridized carbons (Fsp3) is 0.875. The molecule has 1 saturated carbocycles. The first-order valence-corrected chi connectivity index (χ1v) is 4.17. The van der Waals surface area contributed by atoms with Crippen LogP contribution in [0.2, 0.25) is 0 Å². The molecule has 1 rings (SSSR count). The molecule has 0 aromatic heterocycles. The predicted molar refractivity (Wildman–Crippen MR) is 41.8 cm³/mol. The molecule has 0 spiro atoms. The first-order valence-electron chi connectivity index (χ1n) is 3.79. The third kappa shape index (κ3) is 1.27. The zero-order valence-corrected chi connectivity index (χ0v) is 6.99. The Labute approximate surface area is 67.0 Å². The molecule has 1 aliphatic rings. The maximum atomic E-state index is 8.74. The molecule has 0 aliphatic heterocycles. The fourth-order valence-corrected chi connectivity index (χ4v) is 1.72. The minimum Gasteiger partial charge on any atom is -0.196 e. The number of hydrogen-bond donors (Lipinski definition) is 0. The van der Waals surface area contributed by atoms with Crippen molar-refractivity contribution in [1.29, 1.82) is 5.26 Å². The Hall–Kier alpha value is -0.220. The van der Waals surface area contributed by atoms with Crippen LogP contribution in [0.3, 0.4) is 0 Å². The lowest BCUT2D eigenvalue weighted by Gasteiger charge is -2.30. The Bertz CT molecular complexity index is 161. The van der Waals surface area contributed by atoms with Crippen LogP contribution in [0, 0.1) is 17.2 Å². The van der Waals surface area contributed by atoms with Crippen LogP contribution in [0.4, 0.5) is 0 Å². The summed E-state index contributed by atoms with van der Waals surface area (Å²) in [6.07, 6.45) is 4.32. The van der Waals surface area contributed by atoms with Crippen LogP contribution in [0.5, 0.6) is 0 Å². The van der Waals surface area contributed by atoms with Gasteiger partial charge in [0.1, 0.15) is 4.87 Å². The Balaban J connectivity index is 2.65. The van der Waals surface area contributed by atoms with Crippen LogP contribution in [0.1, 0.15) is 32.6 Å². The van der Waals surface area contributed by atoms with Gasteiger partial charge in [0.25, 0.3) is 0 Å². The Kier molecular flexibility index (Phi) is 2.21. The maximum Gasteiger partial charge on any atom is 0.133 e. The summed E-state index contributed by atoms with van der Waals surface area (Å²) in [6.45, 7) is 2.06. The van der Waals surface area contributed by atoms with Gasteiger partial charge in [-0.2, -0.15) is 5.26 Å². The molecule has 0 saturated heterocycles. The van der Waals surface area contributed by atoms with E-state index in [1.54, 1.807) is 0 Å². The Morgan fingerprint density at radius 1 is 1.60 bits per heavy atom. The minimum absolute atomic E-state index is 0.368. The Morgan fingerprint density at radius 2 is 2.30 bits per heavy atom. The monoisotopic (exact) mass is 157 g/mol. The van der Waals surface area contributed by atoms with Crippen LogP contribution in [0.15, 0.2) is 0 Å². The lowest BCUT2D eigenvalue weighted by Crippen LogP contribution is -2.31. The van der Waals surface area contributed by atoms with E-state index >= 15 is 0 Å². The molecule has 0 heterocycles. The molecule has 0 amide bonds. The van der Waals surface area contributed by atoms with E-state index in [1.165, 1.54) is 6.42 Å². The molecule has 10 heavy (non-hydrogen) atoms. The van der Waals surface area contributed by atoms with E-state index in [-0.39, 0.29) is 0 Å². The third-order valence-corrected chi connectivity index (χ3v) is 3.04. The first kappa shape index (κ1) is 7.88. The molecule has 2 unspecified atom stereocenters. The van der Waals surface area contributed by atoms with Gasteiger partial charge in [0.15, 0.2) is 0 Å². The van der Waals surface area contributed by atoms with Gasteiger partial charge in [0, 0.05) is 0 Å². The normalized spacial score (nSPS) is 40.7. The molecule has 0 radical (unpaired) electrons. The molecule has 0 N–H and O–H groups in total. The number of hydrogen-bond acceptors (Lipinski definition) is 1. The quantitative estimate of drug-likeness (QED) is 0.496. The van der Waals surface area contributed by atoms with E-state index < -0.39 is 4.87 Å². The van der Waals surface area contributed by atoms with Crippen molar-refractivity contribution < 1.29 is 0 Å². The Morgan fingerprint density at radius 3 is 2.70 bits per heavy atom. The summed E-state index contributed by atoms with van der Waals surface area (Å²) in [5.41, 5.74) is 0. The number of rotatable bonds is 0. The summed E-state index contributed by atoms with van der Waals surface area (Å²) in [7, 11) is 0. The van der Waals surface area contributed by atoms with Crippen LogP contribution >= 0.6 is 11.6 Å². The standard InChI is InChI=1S/C8H12ClN/c1-7-4-2-3-5-8(7,9)6-10/h7H,2-5H2,1H3. The smallest absolute Gasteiger partial charge is 0.133 e. The highest BCUT2D eigenvalue weighted by Gasteiger charge is 2.35. The second-order valence-corrected chi connectivity index (χ2v) is 3.80. The van der Waals surface area contributed by atoms with Gasteiger partial charge in [-0.1, -0.05) is 19.8 Å². The summed E-state index contributed by atoms with van der Waals surface area (Å²) < 4.78 is 0. The number of nitrogens with zero attached hydrogens (tertiary/aromatic N) is 1. The van der Waals surface area contributed by atoms with E-state index in [4.69, 9.17) is 16.9 Å². The van der Waals surface area contributed by atoms with Crippen LogP contribution in [0.25, 0.3) is 0 Å². The molecular weight excluding hydrogens is 146 g/mol. The van der Waals surface area contributed by atoms with Gasteiger partial charge in [-0.15, -0.1) is 11.6 Å². The third-order valence-electron chi connectivity index (χ3n) is 2.39. The average molecular weight is 158 g/mol. The molecule has 0 bridgehead atoms. The molecule has 0 aromatic rings. The van der Waals surface area contributed by atoms with E-state index in [0.29, 0.717) is 5.92 Å². The predicted octanol–water partition coefficient (Wildman–Crippen LogP) is 2.70. The van der Waals surface area contributed by atoms with Crippen molar-refractivity contribution in [3.05, 3.63) is 0 Å². The van der Waals surface area contributed by atoms with Crippen molar-refractivity contribution in [2.24, 2.45) is 5.92 Å². The van der Waals surface area contributed by atoms with Crippen molar-refractivity contribution in [3.8, 4) is 6.07 Å². The van der Waals surface area contributed by atoms with Gasteiger partial charge in [-0.25, -0.2) is 0 Å². The number of nitriles is 1. The largest absolute Gasteiger partial charge is 0.196 e. The van der Waals surface area contributed by atoms with Gasteiger partial charge in [0.05, 0.1) is 6.07 Å². The van der Waals surface area contributed by atoms with E-state index in [2.05, 4.69) is 13.0 Å². The average Bonchev–Trinajstić information content (AvgIpc) is 1.96. The number of alkyl halides is 1. The van der Waals surface area contributed by atoms with Gasteiger partial charge in [0.2, 0.25) is 0 Å². The molecule has 1 fully saturated rings. The minimum atomic E-state index is -0.543. The highest BCUT2D eigenvalue weighted by molar-refractivity contribution is 6.26. The topological polar surface area (TPSA) is 23.8 Å². The van der Waals surface area contributed by atoms with Gasteiger partial charge in [-0.3, -0.25) is 0 Å².